The molecule has 1 aliphatic rings. The van der Waals surface area contributed by atoms with Crippen LogP contribution in [0.1, 0.15) is 43.7 Å². The number of benzene rings is 1. The van der Waals surface area contributed by atoms with E-state index in [1.807, 2.05) is 0 Å². The maximum atomic E-state index is 12.4. The number of hydrogen-bond acceptors (Lipinski definition) is 2. The molecule has 1 aromatic carbocycles. The Morgan fingerprint density at radius 1 is 1.24 bits per heavy atom. The molecule has 5 nitrogen and oxygen atoms in total. The van der Waals surface area contributed by atoms with Crippen LogP contribution < -0.4 is 5.09 Å². The molecule has 1 aliphatic carbocycles. The fraction of sp³-hybridized carbons (Fsp3) is 0.533. The van der Waals surface area contributed by atoms with Crippen LogP contribution in [0.15, 0.2) is 30.3 Å². The minimum Gasteiger partial charge on any atom is -0.480 e. The molecule has 3 N–H and O–H groups in total. The summed E-state index contributed by atoms with van der Waals surface area (Å²) in [6, 6.07) is 7.36. The highest BCUT2D eigenvalue weighted by Gasteiger charge is 2.31. The normalized spacial score (nSPS) is 20.6. The highest BCUT2D eigenvalue weighted by molar-refractivity contribution is 7.55. The first-order valence-corrected chi connectivity index (χ1v) is 9.20. The Morgan fingerprint density at radius 3 is 2.43 bits per heavy atom. The standard InChI is InChI=1S/C15H22NO4P/c17-15(18)14(13-9-5-2-6-10-13)16-21(19,20)11-12-7-3-1-4-8-12/h2,5-6,9-10,12,14H,1,3-4,7-8,11H2,(H,17,18)(H2,16,19,20). The van der Waals surface area contributed by atoms with Crippen LogP contribution in [0.5, 0.6) is 0 Å². The van der Waals surface area contributed by atoms with Crippen LogP contribution in [0.25, 0.3) is 0 Å². The Labute approximate surface area is 124 Å². The van der Waals surface area contributed by atoms with Gasteiger partial charge in [0.05, 0.1) is 0 Å². The van der Waals surface area contributed by atoms with Crippen LogP contribution in [0.3, 0.4) is 0 Å². The van der Waals surface area contributed by atoms with Gasteiger partial charge in [0.1, 0.15) is 6.04 Å². The quantitative estimate of drug-likeness (QED) is 0.702. The summed E-state index contributed by atoms with van der Waals surface area (Å²) in [5, 5.41) is 11.8. The second kappa shape index (κ2) is 7.21. The third-order valence-electron chi connectivity index (χ3n) is 3.94. The zero-order valence-corrected chi connectivity index (χ0v) is 12.8. The molecule has 0 heterocycles. The fourth-order valence-electron chi connectivity index (χ4n) is 2.89. The summed E-state index contributed by atoms with van der Waals surface area (Å²) in [7, 11) is -3.67. The van der Waals surface area contributed by atoms with Crippen molar-refractivity contribution in [2.75, 3.05) is 6.16 Å². The second-order valence-electron chi connectivity index (χ2n) is 5.70. The van der Waals surface area contributed by atoms with E-state index >= 15 is 0 Å². The molecule has 1 saturated carbocycles. The van der Waals surface area contributed by atoms with Crippen molar-refractivity contribution in [2.24, 2.45) is 5.92 Å². The lowest BCUT2D eigenvalue weighted by Crippen LogP contribution is -2.28. The van der Waals surface area contributed by atoms with E-state index in [1.165, 1.54) is 6.42 Å². The van der Waals surface area contributed by atoms with Crippen molar-refractivity contribution < 1.29 is 19.4 Å². The lowest BCUT2D eigenvalue weighted by Gasteiger charge is -2.26. The van der Waals surface area contributed by atoms with Crippen molar-refractivity contribution in [3.05, 3.63) is 35.9 Å². The highest BCUT2D eigenvalue weighted by Crippen LogP contribution is 2.44. The minimum atomic E-state index is -3.67. The molecule has 0 amide bonds. The average molecular weight is 311 g/mol. The van der Waals surface area contributed by atoms with Crippen molar-refractivity contribution in [2.45, 2.75) is 38.1 Å². The van der Waals surface area contributed by atoms with E-state index in [4.69, 9.17) is 0 Å². The molecule has 2 atom stereocenters. The summed E-state index contributed by atoms with van der Waals surface area (Å²) < 4.78 is 12.4. The molecule has 0 spiro atoms. The van der Waals surface area contributed by atoms with Gasteiger partial charge in [0.15, 0.2) is 0 Å². The minimum absolute atomic E-state index is 0.156. The predicted molar refractivity (Wildman–Crippen MR) is 81.2 cm³/mol. The van der Waals surface area contributed by atoms with E-state index < -0.39 is 19.5 Å². The number of aliphatic carboxylic acids is 1. The summed E-state index contributed by atoms with van der Waals surface area (Å²) in [5.74, 6) is -0.925. The molecule has 0 saturated heterocycles. The summed E-state index contributed by atoms with van der Waals surface area (Å²) in [4.78, 5) is 21.5. The lowest BCUT2D eigenvalue weighted by molar-refractivity contribution is -0.139. The number of hydrogen-bond donors (Lipinski definition) is 3. The summed E-state index contributed by atoms with van der Waals surface area (Å²) in [6.45, 7) is 0. The Hall–Kier alpha value is -1.16. The molecule has 0 aliphatic heterocycles. The van der Waals surface area contributed by atoms with Crippen LogP contribution >= 0.6 is 7.52 Å². The zero-order chi connectivity index (χ0) is 15.3. The zero-order valence-electron chi connectivity index (χ0n) is 11.9. The molecule has 116 valence electrons. The van der Waals surface area contributed by atoms with Crippen molar-refractivity contribution >= 4 is 13.5 Å². The van der Waals surface area contributed by atoms with Crippen LogP contribution in [-0.4, -0.2) is 22.1 Å². The SMILES string of the molecule is O=C(O)C(NP(=O)(O)CC1CCCCC1)c1ccccc1. The number of carbonyl (C=O) groups is 1. The van der Waals surface area contributed by atoms with E-state index in [1.54, 1.807) is 30.3 Å². The molecule has 1 fully saturated rings. The van der Waals surface area contributed by atoms with E-state index in [0.29, 0.717) is 5.56 Å². The number of rotatable bonds is 6. The van der Waals surface area contributed by atoms with E-state index in [2.05, 4.69) is 5.09 Å². The third kappa shape index (κ3) is 4.95. The molecule has 0 aromatic heterocycles. The highest BCUT2D eigenvalue weighted by atomic mass is 31.2. The molecule has 21 heavy (non-hydrogen) atoms. The lowest BCUT2D eigenvalue weighted by atomic mass is 9.91. The summed E-state index contributed by atoms with van der Waals surface area (Å²) in [5.41, 5.74) is 0.489. The van der Waals surface area contributed by atoms with Crippen LogP contribution in [0.4, 0.5) is 0 Å². The summed E-state index contributed by atoms with van der Waals surface area (Å²) in [6.07, 6.45) is 5.42. The Balaban J connectivity index is 2.05. The van der Waals surface area contributed by atoms with Gasteiger partial charge in [-0.3, -0.25) is 9.36 Å². The molecule has 1 aromatic rings. The second-order valence-corrected chi connectivity index (χ2v) is 7.73. The van der Waals surface area contributed by atoms with Gasteiger partial charge in [-0.15, -0.1) is 0 Å². The van der Waals surface area contributed by atoms with Gasteiger partial charge in [-0.2, -0.15) is 0 Å². The third-order valence-corrected chi connectivity index (χ3v) is 5.61. The summed E-state index contributed by atoms with van der Waals surface area (Å²) >= 11 is 0. The van der Waals surface area contributed by atoms with Gasteiger partial charge in [-0.25, -0.2) is 5.09 Å². The van der Waals surface area contributed by atoms with Crippen LogP contribution in [0, 0.1) is 5.92 Å². The van der Waals surface area contributed by atoms with E-state index in [0.717, 1.165) is 25.7 Å². The molecule has 0 radical (unpaired) electrons. The maximum Gasteiger partial charge on any atom is 0.325 e. The number of carboxylic acid groups (broad SMARTS) is 1. The van der Waals surface area contributed by atoms with Crippen molar-refractivity contribution in [1.82, 2.24) is 5.09 Å². The molecule has 2 rings (SSSR count). The number of nitrogens with one attached hydrogen (secondary N) is 1. The largest absolute Gasteiger partial charge is 0.480 e. The predicted octanol–water partition coefficient (Wildman–Crippen LogP) is 3.17. The van der Waals surface area contributed by atoms with Crippen molar-refractivity contribution in [3.8, 4) is 0 Å². The first-order valence-electron chi connectivity index (χ1n) is 7.35. The Kier molecular flexibility index (Phi) is 5.57. The maximum absolute atomic E-state index is 12.4. The average Bonchev–Trinajstić information content (AvgIpc) is 2.46. The molecule has 0 bridgehead atoms. The van der Waals surface area contributed by atoms with Crippen molar-refractivity contribution in [1.29, 1.82) is 0 Å². The van der Waals surface area contributed by atoms with Gasteiger partial charge in [0.25, 0.3) is 7.52 Å². The molecule has 2 unspecified atom stereocenters. The van der Waals surface area contributed by atoms with Crippen molar-refractivity contribution in [3.63, 3.8) is 0 Å². The molecular weight excluding hydrogens is 289 g/mol. The topological polar surface area (TPSA) is 86.6 Å². The first kappa shape index (κ1) is 16.2. The Bertz CT molecular complexity index is 514. The van der Waals surface area contributed by atoms with Gasteiger partial charge in [-0.05, 0) is 24.3 Å². The molecular formula is C15H22NO4P. The van der Waals surface area contributed by atoms with Crippen LogP contribution in [0.2, 0.25) is 0 Å². The number of carboxylic acids is 1. The van der Waals surface area contributed by atoms with Gasteiger partial charge >= 0.3 is 5.97 Å². The van der Waals surface area contributed by atoms with Gasteiger partial charge in [0, 0.05) is 6.16 Å². The molecule has 6 heteroatoms. The fourth-order valence-corrected chi connectivity index (χ4v) is 4.73. The van der Waals surface area contributed by atoms with E-state index in [-0.39, 0.29) is 12.1 Å². The van der Waals surface area contributed by atoms with E-state index in [9.17, 15) is 19.4 Å². The monoisotopic (exact) mass is 311 g/mol. The van der Waals surface area contributed by atoms with Gasteiger partial charge in [-0.1, -0.05) is 49.6 Å². The van der Waals surface area contributed by atoms with Gasteiger partial charge < -0.3 is 10.00 Å². The van der Waals surface area contributed by atoms with Gasteiger partial charge in [0.2, 0.25) is 0 Å². The smallest absolute Gasteiger partial charge is 0.325 e. The van der Waals surface area contributed by atoms with Crippen LogP contribution in [-0.2, 0) is 9.36 Å². The first-order chi connectivity index (χ1) is 9.98. The Morgan fingerprint density at radius 2 is 1.86 bits per heavy atom.